The molecule has 0 N–H and O–H groups in total. The van der Waals surface area contributed by atoms with Crippen molar-refractivity contribution in [2.45, 2.75) is 25.7 Å². The van der Waals surface area contributed by atoms with E-state index in [9.17, 15) is 9.59 Å². The van der Waals surface area contributed by atoms with Gasteiger partial charge in [0.15, 0.2) is 12.4 Å². The van der Waals surface area contributed by atoms with Crippen molar-refractivity contribution in [2.75, 3.05) is 6.61 Å². The molecule has 0 bridgehead atoms. The van der Waals surface area contributed by atoms with Crippen LogP contribution in [-0.2, 0) is 12.8 Å². The minimum Gasteiger partial charge on any atom is -0.485 e. The molecule has 0 aliphatic heterocycles. The molecule has 3 aromatic rings. The molecule has 4 rings (SSSR count). The van der Waals surface area contributed by atoms with Gasteiger partial charge in [0, 0.05) is 22.6 Å². The normalized spacial score (nSPS) is 13.4. The molecule has 1 aliphatic carbocycles. The third-order valence-electron chi connectivity index (χ3n) is 4.66. The van der Waals surface area contributed by atoms with Crippen molar-refractivity contribution in [1.82, 2.24) is 0 Å². The Morgan fingerprint density at radius 1 is 1.00 bits per heavy atom. The second kappa shape index (κ2) is 6.55. The number of ether oxygens (including phenoxy) is 1. The van der Waals surface area contributed by atoms with Gasteiger partial charge in [0.25, 0.3) is 0 Å². The lowest BCUT2D eigenvalue weighted by Crippen LogP contribution is -2.16. The van der Waals surface area contributed by atoms with Crippen molar-refractivity contribution in [3.63, 3.8) is 0 Å². The topological polar surface area (TPSA) is 56.5 Å². The summed E-state index contributed by atoms with van der Waals surface area (Å²) in [6.45, 7) is -0.0509. The summed E-state index contributed by atoms with van der Waals surface area (Å²) in [4.78, 5) is 24.3. The smallest absolute Gasteiger partial charge is 0.339 e. The number of hydrogen-bond acceptors (Lipinski definition) is 4. The summed E-state index contributed by atoms with van der Waals surface area (Å²) < 4.78 is 11.1. The number of aryl methyl sites for hydroxylation is 1. The lowest BCUT2D eigenvalue weighted by atomic mass is 9.91. The summed E-state index contributed by atoms with van der Waals surface area (Å²) >= 11 is 0. The predicted octanol–water partition coefficient (Wildman–Crippen LogP) is 3.93. The zero-order chi connectivity index (χ0) is 17.2. The molecule has 0 atom stereocenters. The number of hydrogen-bond donors (Lipinski definition) is 0. The highest BCUT2D eigenvalue weighted by Crippen LogP contribution is 2.29. The maximum Gasteiger partial charge on any atom is 0.339 e. The quantitative estimate of drug-likeness (QED) is 0.536. The molecule has 0 radical (unpaired) electrons. The third kappa shape index (κ3) is 3.07. The van der Waals surface area contributed by atoms with Gasteiger partial charge in [-0.2, -0.15) is 0 Å². The molecule has 0 unspecified atom stereocenters. The fraction of sp³-hybridized carbons (Fsp3) is 0.238. The number of ketones is 1. The Morgan fingerprint density at radius 3 is 2.56 bits per heavy atom. The van der Waals surface area contributed by atoms with Crippen LogP contribution in [0.3, 0.4) is 0 Å². The molecule has 4 nitrogen and oxygen atoms in total. The Hall–Kier alpha value is -2.88. The number of rotatable bonds is 4. The molecule has 126 valence electrons. The van der Waals surface area contributed by atoms with Gasteiger partial charge in [-0.05, 0) is 43.4 Å². The molecule has 0 spiro atoms. The first kappa shape index (κ1) is 15.6. The van der Waals surface area contributed by atoms with Crippen LogP contribution in [0.4, 0.5) is 0 Å². The fourth-order valence-electron chi connectivity index (χ4n) is 3.37. The molecule has 0 amide bonds. The van der Waals surface area contributed by atoms with E-state index in [1.807, 2.05) is 30.3 Å². The summed E-state index contributed by atoms with van der Waals surface area (Å²) in [7, 11) is 0. The molecule has 2 aromatic carbocycles. The van der Waals surface area contributed by atoms with Gasteiger partial charge in [0.2, 0.25) is 0 Å². The highest BCUT2D eigenvalue weighted by Gasteiger charge is 2.18. The average molecular weight is 334 g/mol. The largest absolute Gasteiger partial charge is 0.485 e. The Bertz CT molecular complexity index is 986. The van der Waals surface area contributed by atoms with Crippen molar-refractivity contribution < 1.29 is 13.9 Å². The average Bonchev–Trinajstić information content (AvgIpc) is 2.67. The first-order valence-corrected chi connectivity index (χ1v) is 8.52. The molecule has 1 aliphatic rings. The van der Waals surface area contributed by atoms with Gasteiger partial charge < -0.3 is 9.15 Å². The summed E-state index contributed by atoms with van der Waals surface area (Å²) in [5.41, 5.74) is 2.80. The van der Waals surface area contributed by atoms with Crippen LogP contribution in [0.25, 0.3) is 11.0 Å². The van der Waals surface area contributed by atoms with Gasteiger partial charge in [0.05, 0.1) is 0 Å². The molecule has 1 aromatic heterocycles. The van der Waals surface area contributed by atoms with Gasteiger partial charge in [-0.15, -0.1) is 0 Å². The predicted molar refractivity (Wildman–Crippen MR) is 95.4 cm³/mol. The van der Waals surface area contributed by atoms with E-state index in [1.165, 1.54) is 0 Å². The van der Waals surface area contributed by atoms with Crippen LogP contribution in [-0.4, -0.2) is 12.4 Å². The minimum absolute atomic E-state index is 0.0509. The molecule has 25 heavy (non-hydrogen) atoms. The Morgan fingerprint density at radius 2 is 1.76 bits per heavy atom. The standard InChI is InChI=1S/C21H18O4/c22-19(14-6-2-1-3-7-14)13-24-15-10-11-17-16-8-4-5-9-18(16)21(23)25-20(17)12-15/h1-3,6-7,10-12H,4-5,8-9,13H2. The number of benzene rings is 2. The molecule has 0 saturated carbocycles. The molecule has 4 heteroatoms. The Balaban J connectivity index is 1.59. The van der Waals surface area contributed by atoms with Gasteiger partial charge in [-0.25, -0.2) is 4.79 Å². The summed E-state index contributed by atoms with van der Waals surface area (Å²) in [5, 5.41) is 0.969. The van der Waals surface area contributed by atoms with Crippen molar-refractivity contribution in [3.8, 4) is 5.75 Å². The molecule has 0 fully saturated rings. The van der Waals surface area contributed by atoms with Gasteiger partial charge >= 0.3 is 5.63 Å². The lowest BCUT2D eigenvalue weighted by Gasteiger charge is -2.16. The highest BCUT2D eigenvalue weighted by atomic mass is 16.5. The molecular formula is C21H18O4. The first-order chi connectivity index (χ1) is 12.2. The number of fused-ring (bicyclic) bond motifs is 3. The molecule has 1 heterocycles. The minimum atomic E-state index is -0.250. The number of carbonyl (C=O) groups excluding carboxylic acids is 1. The van der Waals surface area contributed by atoms with Crippen LogP contribution < -0.4 is 10.4 Å². The number of carbonyl (C=O) groups is 1. The van der Waals surface area contributed by atoms with Gasteiger partial charge in [0.1, 0.15) is 11.3 Å². The first-order valence-electron chi connectivity index (χ1n) is 8.52. The van der Waals surface area contributed by atoms with Crippen LogP contribution in [0.15, 0.2) is 57.7 Å². The van der Waals surface area contributed by atoms with Crippen LogP contribution >= 0.6 is 0 Å². The van der Waals surface area contributed by atoms with Crippen LogP contribution in [0.2, 0.25) is 0 Å². The zero-order valence-corrected chi connectivity index (χ0v) is 13.8. The number of Topliss-reactive ketones (excluding diaryl/α,β-unsaturated/α-hetero) is 1. The van der Waals surface area contributed by atoms with Crippen molar-refractivity contribution in [3.05, 3.63) is 75.6 Å². The van der Waals surface area contributed by atoms with E-state index < -0.39 is 0 Å². The molecule has 0 saturated heterocycles. The summed E-state index contributed by atoms with van der Waals surface area (Å²) in [6, 6.07) is 14.5. The van der Waals surface area contributed by atoms with Gasteiger partial charge in [-0.3, -0.25) is 4.79 Å². The van der Waals surface area contributed by atoms with E-state index in [2.05, 4.69) is 0 Å². The molecular weight excluding hydrogens is 316 g/mol. The maximum absolute atomic E-state index is 12.2. The highest BCUT2D eigenvalue weighted by molar-refractivity contribution is 5.97. The van der Waals surface area contributed by atoms with E-state index in [4.69, 9.17) is 9.15 Å². The van der Waals surface area contributed by atoms with Crippen LogP contribution in [0.5, 0.6) is 5.75 Å². The van der Waals surface area contributed by atoms with E-state index in [0.717, 1.165) is 42.2 Å². The lowest BCUT2D eigenvalue weighted by molar-refractivity contribution is 0.0921. The van der Waals surface area contributed by atoms with Crippen molar-refractivity contribution in [2.24, 2.45) is 0 Å². The van der Waals surface area contributed by atoms with Crippen molar-refractivity contribution in [1.29, 1.82) is 0 Å². The second-order valence-corrected chi connectivity index (χ2v) is 6.29. The third-order valence-corrected chi connectivity index (χ3v) is 4.66. The van der Waals surface area contributed by atoms with Gasteiger partial charge in [-0.1, -0.05) is 30.3 Å². The second-order valence-electron chi connectivity index (χ2n) is 6.29. The van der Waals surface area contributed by atoms with E-state index >= 15 is 0 Å². The fourth-order valence-corrected chi connectivity index (χ4v) is 3.37. The van der Waals surface area contributed by atoms with Crippen LogP contribution in [0.1, 0.15) is 34.3 Å². The van der Waals surface area contributed by atoms with E-state index in [-0.39, 0.29) is 18.0 Å². The summed E-state index contributed by atoms with van der Waals surface area (Å²) in [5.74, 6) is 0.434. The zero-order valence-electron chi connectivity index (χ0n) is 13.8. The van der Waals surface area contributed by atoms with E-state index in [1.54, 1.807) is 18.2 Å². The van der Waals surface area contributed by atoms with Crippen LogP contribution in [0, 0.1) is 0 Å². The summed E-state index contributed by atoms with van der Waals surface area (Å²) in [6.07, 6.45) is 3.82. The van der Waals surface area contributed by atoms with Crippen molar-refractivity contribution >= 4 is 16.8 Å². The van der Waals surface area contributed by atoms with E-state index in [0.29, 0.717) is 16.9 Å². The Labute approximate surface area is 145 Å². The SMILES string of the molecule is O=C(COc1ccc2c3c(c(=O)oc2c1)CCCC3)c1ccccc1. The Kier molecular flexibility index (Phi) is 4.10. The monoisotopic (exact) mass is 334 g/mol. The maximum atomic E-state index is 12.2.